The van der Waals surface area contributed by atoms with Crippen LogP contribution in [0.1, 0.15) is 33.6 Å². The van der Waals surface area contributed by atoms with E-state index in [-0.39, 0.29) is 6.04 Å². The van der Waals surface area contributed by atoms with E-state index in [0.29, 0.717) is 5.95 Å². The number of anilines is 1. The maximum Gasteiger partial charge on any atom is 0.426 e. The first-order chi connectivity index (χ1) is 8.46. The smallest absolute Gasteiger partial charge is 0.426 e. The quantitative estimate of drug-likeness (QED) is 0.830. The van der Waals surface area contributed by atoms with Gasteiger partial charge in [0.2, 0.25) is 5.95 Å². The Bertz CT molecular complexity index is 412. The lowest BCUT2D eigenvalue weighted by Gasteiger charge is -2.25. The largest absolute Gasteiger partial charge is 0.443 e. The molecule has 1 N–H and O–H groups in total. The van der Waals surface area contributed by atoms with E-state index < -0.39 is 11.7 Å². The number of ether oxygens (including phenoxy) is 1. The van der Waals surface area contributed by atoms with Crippen molar-refractivity contribution in [1.82, 2.24) is 15.4 Å². The zero-order valence-electron chi connectivity index (χ0n) is 10.9. The third-order valence-corrected chi connectivity index (χ3v) is 2.29. The van der Waals surface area contributed by atoms with Crippen molar-refractivity contribution in [2.75, 3.05) is 5.01 Å². The lowest BCUT2D eigenvalue weighted by molar-refractivity contribution is 0.0518. The van der Waals surface area contributed by atoms with Crippen molar-refractivity contribution in [2.45, 2.75) is 45.3 Å². The van der Waals surface area contributed by atoms with E-state index in [1.165, 1.54) is 0 Å². The van der Waals surface area contributed by atoms with Crippen molar-refractivity contribution in [3.8, 4) is 0 Å². The maximum absolute atomic E-state index is 11.7. The van der Waals surface area contributed by atoms with E-state index in [9.17, 15) is 4.79 Å². The standard InChI is InChI=1S/C12H18N4O2/c1-12(2,3)18-11(17)15-16(9-5-6-9)10-13-7-4-8-14-10/h4,7-9H,5-6H2,1-3H3,(H,15,17). The molecule has 0 radical (unpaired) electrons. The van der Waals surface area contributed by atoms with Crippen LogP contribution in [0.3, 0.4) is 0 Å². The minimum absolute atomic E-state index is 0.264. The van der Waals surface area contributed by atoms with Crippen LogP contribution in [0.5, 0.6) is 0 Å². The molecule has 1 amide bonds. The molecule has 1 saturated carbocycles. The number of carbonyl (C=O) groups is 1. The van der Waals surface area contributed by atoms with E-state index in [1.807, 2.05) is 20.8 Å². The van der Waals surface area contributed by atoms with Crippen LogP contribution in [0.2, 0.25) is 0 Å². The molecule has 0 atom stereocenters. The maximum atomic E-state index is 11.7. The summed E-state index contributed by atoms with van der Waals surface area (Å²) < 4.78 is 5.22. The molecule has 0 unspecified atom stereocenters. The second-order valence-electron chi connectivity index (χ2n) is 5.26. The number of nitrogens with one attached hydrogen (secondary N) is 1. The molecule has 0 saturated heterocycles. The number of hydrogen-bond donors (Lipinski definition) is 1. The van der Waals surface area contributed by atoms with E-state index >= 15 is 0 Å². The van der Waals surface area contributed by atoms with Crippen molar-refractivity contribution < 1.29 is 9.53 Å². The second-order valence-corrected chi connectivity index (χ2v) is 5.26. The van der Waals surface area contributed by atoms with Gasteiger partial charge in [-0.2, -0.15) is 0 Å². The Labute approximate surface area is 106 Å². The average molecular weight is 250 g/mol. The van der Waals surface area contributed by atoms with E-state index in [4.69, 9.17) is 4.74 Å². The lowest BCUT2D eigenvalue weighted by atomic mass is 10.2. The molecule has 6 nitrogen and oxygen atoms in total. The van der Waals surface area contributed by atoms with Gasteiger partial charge in [-0.15, -0.1) is 0 Å². The molecular weight excluding hydrogens is 232 g/mol. The number of nitrogens with zero attached hydrogens (tertiary/aromatic N) is 3. The molecule has 0 bridgehead atoms. The fourth-order valence-electron chi connectivity index (χ4n) is 1.45. The number of rotatable bonds is 3. The van der Waals surface area contributed by atoms with E-state index in [1.54, 1.807) is 23.5 Å². The van der Waals surface area contributed by atoms with Gasteiger partial charge in [-0.05, 0) is 39.7 Å². The zero-order chi connectivity index (χ0) is 13.2. The Morgan fingerprint density at radius 1 is 1.39 bits per heavy atom. The predicted octanol–water partition coefficient (Wildman–Crippen LogP) is 1.89. The van der Waals surface area contributed by atoms with Gasteiger partial charge in [0.25, 0.3) is 0 Å². The molecule has 1 fully saturated rings. The van der Waals surface area contributed by atoms with Crippen molar-refractivity contribution in [2.24, 2.45) is 0 Å². The fourth-order valence-corrected chi connectivity index (χ4v) is 1.45. The number of hydrazine groups is 1. The Balaban J connectivity index is 2.02. The Hall–Kier alpha value is -1.85. The summed E-state index contributed by atoms with van der Waals surface area (Å²) in [7, 11) is 0. The second kappa shape index (κ2) is 4.80. The van der Waals surface area contributed by atoms with Gasteiger partial charge in [0.05, 0.1) is 6.04 Å². The lowest BCUT2D eigenvalue weighted by Crippen LogP contribution is -2.47. The molecular formula is C12H18N4O2. The van der Waals surface area contributed by atoms with Crippen LogP contribution in [0.4, 0.5) is 10.7 Å². The van der Waals surface area contributed by atoms with Crippen LogP contribution in [-0.2, 0) is 4.74 Å². The minimum Gasteiger partial charge on any atom is -0.443 e. The topological polar surface area (TPSA) is 67.3 Å². The average Bonchev–Trinajstić information content (AvgIpc) is 3.08. The van der Waals surface area contributed by atoms with Gasteiger partial charge in [-0.1, -0.05) is 0 Å². The van der Waals surface area contributed by atoms with E-state index in [2.05, 4.69) is 15.4 Å². The highest BCUT2D eigenvalue weighted by Crippen LogP contribution is 2.27. The number of amides is 1. The molecule has 1 heterocycles. The molecule has 1 aliphatic rings. The molecule has 1 aromatic heterocycles. The third-order valence-electron chi connectivity index (χ3n) is 2.29. The molecule has 1 aromatic rings. The number of carbonyl (C=O) groups excluding carboxylic acids is 1. The van der Waals surface area contributed by atoms with Crippen LogP contribution >= 0.6 is 0 Å². The summed E-state index contributed by atoms with van der Waals surface area (Å²) >= 11 is 0. The normalized spacial score (nSPS) is 15.1. The SMILES string of the molecule is CC(C)(C)OC(=O)NN(c1ncccn1)C1CC1. The summed E-state index contributed by atoms with van der Waals surface area (Å²) in [4.78, 5) is 20.0. The van der Waals surface area contributed by atoms with Crippen LogP contribution in [0.15, 0.2) is 18.5 Å². The molecule has 1 aliphatic carbocycles. The van der Waals surface area contributed by atoms with Crippen molar-refractivity contribution in [3.05, 3.63) is 18.5 Å². The fraction of sp³-hybridized carbons (Fsp3) is 0.583. The van der Waals surface area contributed by atoms with Crippen LogP contribution in [0.25, 0.3) is 0 Å². The number of aromatic nitrogens is 2. The van der Waals surface area contributed by atoms with Crippen LogP contribution < -0.4 is 10.4 Å². The Kier molecular flexibility index (Phi) is 3.36. The van der Waals surface area contributed by atoms with E-state index in [0.717, 1.165) is 12.8 Å². The van der Waals surface area contributed by atoms with Gasteiger partial charge in [0.15, 0.2) is 0 Å². The Morgan fingerprint density at radius 2 is 2.00 bits per heavy atom. The molecule has 0 spiro atoms. The highest BCUT2D eigenvalue weighted by Gasteiger charge is 2.33. The van der Waals surface area contributed by atoms with Crippen LogP contribution in [0, 0.1) is 0 Å². The molecule has 98 valence electrons. The summed E-state index contributed by atoms with van der Waals surface area (Å²) in [5.74, 6) is 0.492. The van der Waals surface area contributed by atoms with Crippen LogP contribution in [-0.4, -0.2) is 27.7 Å². The van der Waals surface area contributed by atoms with Gasteiger partial charge in [0, 0.05) is 12.4 Å². The summed E-state index contributed by atoms with van der Waals surface area (Å²) in [6.07, 6.45) is 4.85. The van der Waals surface area contributed by atoms with Crippen molar-refractivity contribution >= 4 is 12.0 Å². The summed E-state index contributed by atoms with van der Waals surface area (Å²) in [5, 5.41) is 1.67. The highest BCUT2D eigenvalue weighted by atomic mass is 16.6. The summed E-state index contributed by atoms with van der Waals surface area (Å²) in [6.45, 7) is 5.48. The van der Waals surface area contributed by atoms with Gasteiger partial charge in [-0.25, -0.2) is 25.2 Å². The van der Waals surface area contributed by atoms with Gasteiger partial charge in [0.1, 0.15) is 5.60 Å². The van der Waals surface area contributed by atoms with Crippen molar-refractivity contribution in [3.63, 3.8) is 0 Å². The first-order valence-corrected chi connectivity index (χ1v) is 6.01. The molecule has 6 heteroatoms. The first kappa shape index (κ1) is 12.6. The highest BCUT2D eigenvalue weighted by molar-refractivity contribution is 5.70. The summed E-state index contributed by atoms with van der Waals surface area (Å²) in [6, 6.07) is 2.00. The zero-order valence-corrected chi connectivity index (χ0v) is 10.9. The van der Waals surface area contributed by atoms with Gasteiger partial charge >= 0.3 is 6.09 Å². The number of hydrogen-bond acceptors (Lipinski definition) is 5. The molecule has 0 aromatic carbocycles. The first-order valence-electron chi connectivity index (χ1n) is 6.01. The van der Waals surface area contributed by atoms with Crippen molar-refractivity contribution in [1.29, 1.82) is 0 Å². The predicted molar refractivity (Wildman–Crippen MR) is 66.9 cm³/mol. The van der Waals surface area contributed by atoms with Gasteiger partial charge < -0.3 is 4.74 Å². The Morgan fingerprint density at radius 3 is 2.50 bits per heavy atom. The molecule has 2 rings (SSSR count). The molecule has 0 aliphatic heterocycles. The summed E-state index contributed by atoms with van der Waals surface area (Å²) in [5.41, 5.74) is 2.18. The third kappa shape index (κ3) is 3.58. The monoisotopic (exact) mass is 250 g/mol. The minimum atomic E-state index is -0.517. The van der Waals surface area contributed by atoms with Gasteiger partial charge in [-0.3, -0.25) is 0 Å². The molecule has 18 heavy (non-hydrogen) atoms.